The SMILES string of the molecule is O=C(C[C@@H]1CCS(=O)(=O)C1)OCC(=O)N1CCC(c2ccccc2)=N1. The van der Waals surface area contributed by atoms with Crippen LogP contribution in [0.5, 0.6) is 0 Å². The third-order valence-electron chi connectivity index (χ3n) is 4.34. The zero-order chi connectivity index (χ0) is 17.9. The highest BCUT2D eigenvalue weighted by Gasteiger charge is 2.30. The largest absolute Gasteiger partial charge is 0.455 e. The lowest BCUT2D eigenvalue weighted by Crippen LogP contribution is -2.29. The predicted octanol–water partition coefficient (Wildman–Crippen LogP) is 0.991. The van der Waals surface area contributed by atoms with E-state index in [1.54, 1.807) is 0 Å². The van der Waals surface area contributed by atoms with Crippen molar-refractivity contribution in [1.29, 1.82) is 0 Å². The molecular weight excluding hydrogens is 344 g/mol. The maximum atomic E-state index is 12.1. The molecule has 2 heterocycles. The Bertz CT molecular complexity index is 789. The van der Waals surface area contributed by atoms with Crippen LogP contribution in [-0.4, -0.2) is 55.7 Å². The van der Waals surface area contributed by atoms with Gasteiger partial charge in [0, 0.05) is 12.8 Å². The van der Waals surface area contributed by atoms with Crippen LogP contribution in [-0.2, 0) is 24.2 Å². The van der Waals surface area contributed by atoms with Crippen LogP contribution in [0.4, 0.5) is 0 Å². The first-order valence-corrected chi connectivity index (χ1v) is 10.0. The lowest BCUT2D eigenvalue weighted by molar-refractivity contribution is -0.152. The lowest BCUT2D eigenvalue weighted by Gasteiger charge is -2.12. The van der Waals surface area contributed by atoms with Gasteiger partial charge in [0.2, 0.25) is 0 Å². The van der Waals surface area contributed by atoms with Crippen LogP contribution in [0.15, 0.2) is 35.4 Å². The molecule has 25 heavy (non-hydrogen) atoms. The van der Waals surface area contributed by atoms with Crippen molar-refractivity contribution in [1.82, 2.24) is 5.01 Å². The average Bonchev–Trinajstić information content (AvgIpc) is 3.20. The molecule has 1 saturated heterocycles. The minimum Gasteiger partial charge on any atom is -0.455 e. The molecule has 0 N–H and O–H groups in total. The Hall–Kier alpha value is -2.22. The number of carbonyl (C=O) groups is 2. The molecule has 0 aromatic heterocycles. The van der Waals surface area contributed by atoms with Crippen molar-refractivity contribution in [3.05, 3.63) is 35.9 Å². The summed E-state index contributed by atoms with van der Waals surface area (Å²) in [5.41, 5.74) is 1.80. The monoisotopic (exact) mass is 364 g/mol. The molecule has 1 aromatic rings. The van der Waals surface area contributed by atoms with Gasteiger partial charge in [-0.05, 0) is 17.9 Å². The second-order valence-corrected chi connectivity index (χ2v) is 8.54. The van der Waals surface area contributed by atoms with Crippen LogP contribution in [0.1, 0.15) is 24.8 Å². The van der Waals surface area contributed by atoms with E-state index >= 15 is 0 Å². The molecule has 0 bridgehead atoms. The van der Waals surface area contributed by atoms with E-state index in [9.17, 15) is 18.0 Å². The van der Waals surface area contributed by atoms with Crippen molar-refractivity contribution in [2.75, 3.05) is 24.7 Å². The second kappa shape index (κ2) is 7.35. The highest BCUT2D eigenvalue weighted by atomic mass is 32.2. The average molecular weight is 364 g/mol. The number of hydrazone groups is 1. The van der Waals surface area contributed by atoms with Crippen molar-refractivity contribution in [2.24, 2.45) is 11.0 Å². The molecule has 3 rings (SSSR count). The molecule has 1 atom stereocenters. The molecule has 1 fully saturated rings. The summed E-state index contributed by atoms with van der Waals surface area (Å²) >= 11 is 0. The van der Waals surface area contributed by atoms with Crippen LogP contribution >= 0.6 is 0 Å². The number of sulfone groups is 1. The third-order valence-corrected chi connectivity index (χ3v) is 6.17. The topological polar surface area (TPSA) is 93.1 Å². The van der Waals surface area contributed by atoms with Gasteiger partial charge in [0.05, 0.1) is 23.8 Å². The number of ether oxygens (including phenoxy) is 1. The Morgan fingerprint density at radius 1 is 1.24 bits per heavy atom. The van der Waals surface area contributed by atoms with Crippen molar-refractivity contribution in [3.8, 4) is 0 Å². The Labute approximate surface area is 146 Å². The molecule has 1 aromatic carbocycles. The number of esters is 1. The van der Waals surface area contributed by atoms with E-state index in [-0.39, 0.29) is 36.4 Å². The van der Waals surface area contributed by atoms with Gasteiger partial charge in [-0.1, -0.05) is 30.3 Å². The number of nitrogens with zero attached hydrogens (tertiary/aromatic N) is 2. The van der Waals surface area contributed by atoms with Crippen LogP contribution in [0, 0.1) is 5.92 Å². The molecule has 7 nitrogen and oxygen atoms in total. The summed E-state index contributed by atoms with van der Waals surface area (Å²) < 4.78 is 27.8. The summed E-state index contributed by atoms with van der Waals surface area (Å²) in [5, 5.41) is 5.60. The van der Waals surface area contributed by atoms with E-state index in [0.29, 0.717) is 19.4 Å². The maximum Gasteiger partial charge on any atom is 0.306 e. The molecule has 2 aliphatic heterocycles. The number of carbonyl (C=O) groups excluding carboxylic acids is 2. The summed E-state index contributed by atoms with van der Waals surface area (Å²) in [7, 11) is -3.02. The Balaban J connectivity index is 1.47. The van der Waals surface area contributed by atoms with Gasteiger partial charge in [0.1, 0.15) is 0 Å². The van der Waals surface area contributed by atoms with Gasteiger partial charge in [-0.15, -0.1) is 0 Å². The fraction of sp³-hybridized carbons (Fsp3) is 0.471. The van der Waals surface area contributed by atoms with E-state index in [1.807, 2.05) is 30.3 Å². The quantitative estimate of drug-likeness (QED) is 0.727. The van der Waals surface area contributed by atoms with Crippen molar-refractivity contribution in [2.45, 2.75) is 19.3 Å². The fourth-order valence-electron chi connectivity index (χ4n) is 3.01. The first kappa shape index (κ1) is 17.6. The highest BCUT2D eigenvalue weighted by molar-refractivity contribution is 7.91. The summed E-state index contributed by atoms with van der Waals surface area (Å²) in [4.78, 5) is 23.9. The number of hydrogen-bond acceptors (Lipinski definition) is 6. The van der Waals surface area contributed by atoms with Crippen LogP contribution in [0.3, 0.4) is 0 Å². The van der Waals surface area contributed by atoms with Crippen molar-refractivity contribution < 1.29 is 22.7 Å². The van der Waals surface area contributed by atoms with Gasteiger partial charge in [0.15, 0.2) is 16.4 Å². The van der Waals surface area contributed by atoms with E-state index in [1.165, 1.54) is 5.01 Å². The van der Waals surface area contributed by atoms with E-state index in [4.69, 9.17) is 4.74 Å². The van der Waals surface area contributed by atoms with Crippen LogP contribution in [0.2, 0.25) is 0 Å². The van der Waals surface area contributed by atoms with Gasteiger partial charge in [-0.25, -0.2) is 13.4 Å². The summed E-state index contributed by atoms with van der Waals surface area (Å²) in [6, 6.07) is 9.60. The first-order valence-electron chi connectivity index (χ1n) is 8.22. The zero-order valence-electron chi connectivity index (χ0n) is 13.8. The van der Waals surface area contributed by atoms with Crippen LogP contribution in [0.25, 0.3) is 0 Å². The maximum absolute atomic E-state index is 12.1. The molecule has 0 saturated carbocycles. The lowest BCUT2D eigenvalue weighted by atomic mass is 10.1. The van der Waals surface area contributed by atoms with Gasteiger partial charge >= 0.3 is 5.97 Å². The minimum atomic E-state index is -3.02. The normalized spacial score (nSPS) is 21.8. The first-order chi connectivity index (χ1) is 11.9. The van der Waals surface area contributed by atoms with Gasteiger partial charge in [-0.2, -0.15) is 5.10 Å². The minimum absolute atomic E-state index is 0.0207. The second-order valence-electron chi connectivity index (χ2n) is 6.31. The van der Waals surface area contributed by atoms with Gasteiger partial charge in [-0.3, -0.25) is 9.59 Å². The van der Waals surface area contributed by atoms with Crippen molar-refractivity contribution >= 4 is 27.4 Å². The van der Waals surface area contributed by atoms with Crippen LogP contribution < -0.4 is 0 Å². The number of rotatable bonds is 5. The number of hydrogen-bond donors (Lipinski definition) is 0. The molecule has 0 unspecified atom stereocenters. The van der Waals surface area contributed by atoms with Gasteiger partial charge in [0.25, 0.3) is 5.91 Å². The standard InChI is InChI=1S/C17H20N2O5S/c20-16(11-24-17(21)10-13-7-9-25(22,23)12-13)19-8-6-15(18-19)14-4-2-1-3-5-14/h1-5,13H,6-12H2/t13-/m0/s1. The Morgan fingerprint density at radius 2 is 2.00 bits per heavy atom. The molecule has 134 valence electrons. The van der Waals surface area contributed by atoms with Crippen molar-refractivity contribution in [3.63, 3.8) is 0 Å². The summed E-state index contributed by atoms with van der Waals surface area (Å²) in [6.07, 6.45) is 1.16. The molecule has 1 amide bonds. The van der Waals surface area contributed by atoms with E-state index in [2.05, 4.69) is 5.10 Å². The van der Waals surface area contributed by atoms with Gasteiger partial charge < -0.3 is 4.74 Å². The zero-order valence-corrected chi connectivity index (χ0v) is 14.6. The van der Waals surface area contributed by atoms with E-state index in [0.717, 1.165) is 11.3 Å². The molecule has 0 aliphatic carbocycles. The highest BCUT2D eigenvalue weighted by Crippen LogP contribution is 2.22. The molecule has 8 heteroatoms. The molecular formula is C17H20N2O5S. The third kappa shape index (κ3) is 4.66. The number of benzene rings is 1. The summed E-state index contributed by atoms with van der Waals surface area (Å²) in [6.45, 7) is 0.0886. The summed E-state index contributed by atoms with van der Waals surface area (Å²) in [5.74, 6) is -0.982. The Kier molecular flexibility index (Phi) is 5.17. The fourth-order valence-corrected chi connectivity index (χ4v) is 4.88. The molecule has 0 radical (unpaired) electrons. The molecule has 2 aliphatic rings. The number of amides is 1. The predicted molar refractivity (Wildman–Crippen MR) is 91.6 cm³/mol. The smallest absolute Gasteiger partial charge is 0.306 e. The molecule has 0 spiro atoms. The Morgan fingerprint density at radius 3 is 2.68 bits per heavy atom. The van der Waals surface area contributed by atoms with E-state index < -0.39 is 15.8 Å².